The standard InChI is InChI=1S/C9H10ClNO2/c1-6-3-4-9(8(10)5-6)11-13-7(2)12/h3-5,11H,1-2H3. The van der Waals surface area contributed by atoms with Crippen molar-refractivity contribution in [3.63, 3.8) is 0 Å². The third-order valence-corrected chi connectivity index (χ3v) is 1.74. The van der Waals surface area contributed by atoms with Gasteiger partial charge in [0.1, 0.15) is 0 Å². The summed E-state index contributed by atoms with van der Waals surface area (Å²) in [7, 11) is 0. The Hall–Kier alpha value is -1.22. The van der Waals surface area contributed by atoms with E-state index in [-0.39, 0.29) is 0 Å². The molecule has 0 spiro atoms. The second kappa shape index (κ2) is 4.14. The van der Waals surface area contributed by atoms with E-state index in [0.717, 1.165) is 5.56 Å². The van der Waals surface area contributed by atoms with Crippen LogP contribution in [-0.4, -0.2) is 5.97 Å². The van der Waals surface area contributed by atoms with E-state index in [9.17, 15) is 4.79 Å². The maximum atomic E-state index is 10.5. The summed E-state index contributed by atoms with van der Waals surface area (Å²) < 4.78 is 0. The monoisotopic (exact) mass is 199 g/mol. The quantitative estimate of drug-likeness (QED) is 0.744. The van der Waals surface area contributed by atoms with Gasteiger partial charge in [0.25, 0.3) is 0 Å². The molecule has 3 nitrogen and oxygen atoms in total. The van der Waals surface area contributed by atoms with Crippen LogP contribution in [0.25, 0.3) is 0 Å². The molecule has 0 radical (unpaired) electrons. The van der Waals surface area contributed by atoms with Gasteiger partial charge in [-0.25, -0.2) is 5.48 Å². The lowest BCUT2D eigenvalue weighted by Gasteiger charge is -2.06. The lowest BCUT2D eigenvalue weighted by molar-refractivity contribution is -0.138. The van der Waals surface area contributed by atoms with Gasteiger partial charge in [0.2, 0.25) is 0 Å². The summed E-state index contributed by atoms with van der Waals surface area (Å²) in [6.07, 6.45) is 0. The van der Waals surface area contributed by atoms with E-state index in [4.69, 9.17) is 11.6 Å². The maximum Gasteiger partial charge on any atom is 0.329 e. The summed E-state index contributed by atoms with van der Waals surface area (Å²) >= 11 is 5.86. The molecule has 0 atom stereocenters. The van der Waals surface area contributed by atoms with Gasteiger partial charge in [-0.05, 0) is 24.6 Å². The average molecular weight is 200 g/mol. The highest BCUT2D eigenvalue weighted by Crippen LogP contribution is 2.22. The Balaban J connectivity index is 2.72. The Labute approximate surface area is 81.6 Å². The number of rotatable bonds is 2. The minimum absolute atomic E-state index is 0.406. The first-order valence-electron chi connectivity index (χ1n) is 3.79. The van der Waals surface area contributed by atoms with Crippen LogP contribution < -0.4 is 5.48 Å². The molecule has 0 aliphatic carbocycles. The molecule has 0 amide bonds. The SMILES string of the molecule is CC(=O)ONc1ccc(C)cc1Cl. The van der Waals surface area contributed by atoms with E-state index >= 15 is 0 Å². The summed E-state index contributed by atoms with van der Waals surface area (Å²) in [4.78, 5) is 15.0. The van der Waals surface area contributed by atoms with Crippen LogP contribution in [0.15, 0.2) is 18.2 Å². The largest absolute Gasteiger partial charge is 0.344 e. The first-order valence-corrected chi connectivity index (χ1v) is 4.17. The molecule has 0 unspecified atom stereocenters. The summed E-state index contributed by atoms with van der Waals surface area (Å²) in [5.74, 6) is -0.406. The molecular formula is C9H10ClNO2. The van der Waals surface area contributed by atoms with Gasteiger partial charge >= 0.3 is 5.97 Å². The molecule has 4 heteroatoms. The zero-order chi connectivity index (χ0) is 9.84. The number of hydrogen-bond donors (Lipinski definition) is 1. The number of benzene rings is 1. The molecule has 0 heterocycles. The molecule has 13 heavy (non-hydrogen) atoms. The van der Waals surface area contributed by atoms with Crippen molar-refractivity contribution in [2.24, 2.45) is 0 Å². The van der Waals surface area contributed by atoms with Crippen LogP contribution in [0.5, 0.6) is 0 Å². The van der Waals surface area contributed by atoms with Crippen LogP contribution in [0, 0.1) is 6.92 Å². The normalized spacial score (nSPS) is 9.46. The van der Waals surface area contributed by atoms with Gasteiger partial charge in [0, 0.05) is 6.92 Å². The lowest BCUT2D eigenvalue weighted by atomic mass is 10.2. The van der Waals surface area contributed by atoms with Crippen molar-refractivity contribution in [2.45, 2.75) is 13.8 Å². The van der Waals surface area contributed by atoms with Crippen molar-refractivity contribution < 1.29 is 9.63 Å². The summed E-state index contributed by atoms with van der Waals surface area (Å²) in [5.41, 5.74) is 4.10. The number of halogens is 1. The molecule has 1 rings (SSSR count). The molecule has 0 saturated carbocycles. The van der Waals surface area contributed by atoms with E-state index in [0.29, 0.717) is 10.7 Å². The van der Waals surface area contributed by atoms with E-state index in [2.05, 4.69) is 10.3 Å². The smallest absolute Gasteiger partial charge is 0.329 e. The van der Waals surface area contributed by atoms with Gasteiger partial charge in [-0.15, -0.1) is 0 Å². The van der Waals surface area contributed by atoms with Crippen molar-refractivity contribution in [1.82, 2.24) is 0 Å². The van der Waals surface area contributed by atoms with Crippen molar-refractivity contribution in [1.29, 1.82) is 0 Å². The van der Waals surface area contributed by atoms with Crippen LogP contribution in [0.3, 0.4) is 0 Å². The summed E-state index contributed by atoms with van der Waals surface area (Å²) in [6.45, 7) is 3.25. The second-order valence-electron chi connectivity index (χ2n) is 2.68. The fraction of sp³-hybridized carbons (Fsp3) is 0.222. The van der Waals surface area contributed by atoms with Crippen LogP contribution in [-0.2, 0) is 9.63 Å². The van der Waals surface area contributed by atoms with Crippen molar-refractivity contribution in [3.05, 3.63) is 28.8 Å². The number of aryl methyl sites for hydroxylation is 1. The highest BCUT2D eigenvalue weighted by Gasteiger charge is 2.00. The van der Waals surface area contributed by atoms with Crippen molar-refractivity contribution in [3.8, 4) is 0 Å². The number of carbonyl (C=O) groups is 1. The van der Waals surface area contributed by atoms with Gasteiger partial charge in [0.15, 0.2) is 0 Å². The zero-order valence-electron chi connectivity index (χ0n) is 7.43. The topological polar surface area (TPSA) is 38.3 Å². The lowest BCUT2D eigenvalue weighted by Crippen LogP contribution is -2.06. The van der Waals surface area contributed by atoms with Gasteiger partial charge in [0.05, 0.1) is 10.7 Å². The van der Waals surface area contributed by atoms with Gasteiger partial charge < -0.3 is 4.84 Å². The Morgan fingerprint density at radius 1 is 1.54 bits per heavy atom. The minimum Gasteiger partial charge on any atom is -0.344 e. The van der Waals surface area contributed by atoms with E-state index in [1.807, 2.05) is 13.0 Å². The molecular weight excluding hydrogens is 190 g/mol. The Kier molecular flexibility index (Phi) is 3.14. The molecule has 70 valence electrons. The van der Waals surface area contributed by atoms with Crippen molar-refractivity contribution in [2.75, 3.05) is 5.48 Å². The van der Waals surface area contributed by atoms with Gasteiger partial charge in [-0.2, -0.15) is 0 Å². The first kappa shape index (κ1) is 9.86. The predicted molar refractivity (Wildman–Crippen MR) is 51.6 cm³/mol. The molecule has 0 bridgehead atoms. The Bertz CT molecular complexity index is 325. The molecule has 0 aromatic heterocycles. The summed E-state index contributed by atoms with van der Waals surface area (Å²) in [6, 6.07) is 5.41. The Morgan fingerprint density at radius 2 is 2.23 bits per heavy atom. The molecule has 0 aliphatic rings. The highest BCUT2D eigenvalue weighted by atomic mass is 35.5. The molecule has 0 fully saturated rings. The first-order chi connectivity index (χ1) is 6.09. The number of carbonyl (C=O) groups excluding carboxylic acids is 1. The predicted octanol–water partition coefficient (Wildman–Crippen LogP) is 2.54. The Morgan fingerprint density at radius 3 is 2.77 bits per heavy atom. The molecule has 1 N–H and O–H groups in total. The van der Waals surface area contributed by atoms with Crippen LogP contribution in [0.1, 0.15) is 12.5 Å². The number of anilines is 1. The summed E-state index contributed by atoms with van der Waals surface area (Å²) in [5, 5.41) is 0.529. The fourth-order valence-electron chi connectivity index (χ4n) is 0.830. The maximum absolute atomic E-state index is 10.5. The minimum atomic E-state index is -0.406. The third-order valence-electron chi connectivity index (χ3n) is 1.43. The number of nitrogens with one attached hydrogen (secondary N) is 1. The second-order valence-corrected chi connectivity index (χ2v) is 3.09. The fourth-order valence-corrected chi connectivity index (χ4v) is 1.10. The highest BCUT2D eigenvalue weighted by molar-refractivity contribution is 6.33. The van der Waals surface area contributed by atoms with Crippen LogP contribution >= 0.6 is 11.6 Å². The van der Waals surface area contributed by atoms with E-state index in [1.54, 1.807) is 12.1 Å². The number of hydrogen-bond acceptors (Lipinski definition) is 3. The van der Waals surface area contributed by atoms with Crippen molar-refractivity contribution >= 4 is 23.3 Å². The molecule has 0 saturated heterocycles. The molecule has 0 aliphatic heterocycles. The average Bonchev–Trinajstić information content (AvgIpc) is 2.02. The van der Waals surface area contributed by atoms with E-state index in [1.165, 1.54) is 6.92 Å². The van der Waals surface area contributed by atoms with Crippen LogP contribution in [0.4, 0.5) is 5.69 Å². The van der Waals surface area contributed by atoms with E-state index < -0.39 is 5.97 Å². The molecule has 1 aromatic rings. The zero-order valence-corrected chi connectivity index (χ0v) is 8.18. The van der Waals surface area contributed by atoms with Gasteiger partial charge in [-0.3, -0.25) is 4.79 Å². The van der Waals surface area contributed by atoms with Gasteiger partial charge in [-0.1, -0.05) is 17.7 Å². The third kappa shape index (κ3) is 2.95. The molecule has 1 aromatic carbocycles. The van der Waals surface area contributed by atoms with Crippen LogP contribution in [0.2, 0.25) is 5.02 Å².